The summed E-state index contributed by atoms with van der Waals surface area (Å²) in [5.41, 5.74) is -0.341. The number of ketones is 1. The molecule has 0 aromatic rings. The first-order valence-corrected chi connectivity index (χ1v) is 7.67. The summed E-state index contributed by atoms with van der Waals surface area (Å²) in [6, 6.07) is 0. The van der Waals surface area contributed by atoms with Crippen LogP contribution in [0.5, 0.6) is 0 Å². The van der Waals surface area contributed by atoms with Gasteiger partial charge in [-0.15, -0.1) is 11.8 Å². The van der Waals surface area contributed by atoms with E-state index < -0.39 is 0 Å². The first kappa shape index (κ1) is 14.4. The fraction of sp³-hybridized carbons (Fsp3) is 0.929. The van der Waals surface area contributed by atoms with Gasteiger partial charge in [-0.1, -0.05) is 27.2 Å². The number of ether oxygens (including phenoxy) is 2. The van der Waals surface area contributed by atoms with Gasteiger partial charge in [0, 0.05) is 11.9 Å². The van der Waals surface area contributed by atoms with E-state index in [2.05, 4.69) is 20.8 Å². The third-order valence-electron chi connectivity index (χ3n) is 4.21. The van der Waals surface area contributed by atoms with Crippen molar-refractivity contribution in [2.75, 3.05) is 13.7 Å². The molecule has 0 bridgehead atoms. The van der Waals surface area contributed by atoms with Crippen LogP contribution in [0.2, 0.25) is 0 Å². The maximum Gasteiger partial charge on any atom is 0.197 e. The highest BCUT2D eigenvalue weighted by Gasteiger charge is 2.47. The Kier molecular flexibility index (Phi) is 4.40. The van der Waals surface area contributed by atoms with Crippen LogP contribution in [-0.2, 0) is 14.3 Å². The molecule has 0 aromatic carbocycles. The standard InChI is InChI=1S/C14H24O3S/c1-9-5-6-10-12(7-9)17-13(11(15)8-16-4)18-14(10,2)3/h9-10,12-13H,5-8H2,1-4H3/t9-,10+,12-,13-/m1/s1. The van der Waals surface area contributed by atoms with Gasteiger partial charge in [-0.2, -0.15) is 0 Å². The monoisotopic (exact) mass is 272 g/mol. The zero-order chi connectivity index (χ0) is 13.3. The van der Waals surface area contributed by atoms with E-state index in [0.717, 1.165) is 6.42 Å². The lowest BCUT2D eigenvalue weighted by Gasteiger charge is -2.49. The molecule has 3 nitrogen and oxygen atoms in total. The minimum Gasteiger partial charge on any atom is -0.377 e. The average Bonchev–Trinajstić information content (AvgIpc) is 2.27. The second-order valence-corrected chi connectivity index (χ2v) is 7.87. The maximum absolute atomic E-state index is 12.0. The number of hydrogen-bond donors (Lipinski definition) is 0. The molecule has 0 spiro atoms. The van der Waals surface area contributed by atoms with E-state index >= 15 is 0 Å². The third kappa shape index (κ3) is 2.91. The number of carbonyl (C=O) groups excluding carboxylic acids is 1. The molecule has 0 N–H and O–H groups in total. The van der Waals surface area contributed by atoms with Crippen molar-refractivity contribution in [2.24, 2.45) is 11.8 Å². The summed E-state index contributed by atoms with van der Waals surface area (Å²) < 4.78 is 11.1. The Hall–Kier alpha value is -0.0600. The second kappa shape index (κ2) is 5.51. The van der Waals surface area contributed by atoms with Crippen LogP contribution in [0.1, 0.15) is 40.0 Å². The van der Waals surface area contributed by atoms with E-state index in [1.807, 2.05) is 0 Å². The third-order valence-corrected chi connectivity index (χ3v) is 5.70. The normalized spacial score (nSPS) is 39.1. The minimum absolute atomic E-state index is 0.0623. The van der Waals surface area contributed by atoms with Gasteiger partial charge in [0.15, 0.2) is 11.2 Å². The average molecular weight is 272 g/mol. The van der Waals surface area contributed by atoms with Crippen LogP contribution >= 0.6 is 11.8 Å². The van der Waals surface area contributed by atoms with Crippen molar-refractivity contribution in [1.29, 1.82) is 0 Å². The molecule has 1 heterocycles. The molecule has 1 saturated carbocycles. The van der Waals surface area contributed by atoms with Crippen molar-refractivity contribution in [3.05, 3.63) is 0 Å². The van der Waals surface area contributed by atoms with Crippen molar-refractivity contribution < 1.29 is 14.3 Å². The van der Waals surface area contributed by atoms with Gasteiger partial charge < -0.3 is 9.47 Å². The molecule has 1 aliphatic carbocycles. The Labute approximate surface area is 114 Å². The first-order chi connectivity index (χ1) is 8.44. The number of hydrogen-bond acceptors (Lipinski definition) is 4. The molecule has 1 aliphatic heterocycles. The Balaban J connectivity index is 2.09. The zero-order valence-electron chi connectivity index (χ0n) is 11.8. The Morgan fingerprint density at radius 2 is 2.17 bits per heavy atom. The maximum atomic E-state index is 12.0. The number of carbonyl (C=O) groups is 1. The fourth-order valence-corrected chi connectivity index (χ4v) is 4.57. The molecule has 0 aromatic heterocycles. The summed E-state index contributed by atoms with van der Waals surface area (Å²) in [6.07, 6.45) is 3.84. The summed E-state index contributed by atoms with van der Waals surface area (Å²) in [5, 5.41) is 0. The van der Waals surface area contributed by atoms with Crippen LogP contribution in [0.15, 0.2) is 0 Å². The molecule has 2 rings (SSSR count). The van der Waals surface area contributed by atoms with Gasteiger partial charge in [-0.25, -0.2) is 0 Å². The van der Waals surface area contributed by atoms with Crippen molar-refractivity contribution >= 4 is 17.5 Å². The summed E-state index contributed by atoms with van der Waals surface area (Å²) in [5.74, 6) is 1.35. The molecule has 4 heteroatoms. The quantitative estimate of drug-likeness (QED) is 0.791. The first-order valence-electron chi connectivity index (χ1n) is 6.79. The molecule has 0 unspecified atom stereocenters. The number of Topliss-reactive ketones (excluding diaryl/α,β-unsaturated/α-hetero) is 1. The van der Waals surface area contributed by atoms with Crippen LogP contribution in [0, 0.1) is 11.8 Å². The van der Waals surface area contributed by atoms with E-state index in [9.17, 15) is 4.79 Å². The largest absolute Gasteiger partial charge is 0.377 e. The Bertz CT molecular complexity index is 316. The highest BCUT2D eigenvalue weighted by atomic mass is 32.2. The summed E-state index contributed by atoms with van der Waals surface area (Å²) >= 11 is 1.67. The Morgan fingerprint density at radius 3 is 2.83 bits per heavy atom. The molecule has 18 heavy (non-hydrogen) atoms. The van der Waals surface area contributed by atoms with Crippen molar-refractivity contribution in [3.8, 4) is 0 Å². The highest BCUT2D eigenvalue weighted by Crippen LogP contribution is 2.50. The lowest BCUT2D eigenvalue weighted by molar-refractivity contribution is -0.137. The van der Waals surface area contributed by atoms with Crippen LogP contribution in [-0.4, -0.2) is 35.8 Å². The molecule has 4 atom stereocenters. The summed E-state index contributed by atoms with van der Waals surface area (Å²) in [6.45, 7) is 6.93. The van der Waals surface area contributed by atoms with E-state index in [0.29, 0.717) is 11.8 Å². The second-order valence-electron chi connectivity index (χ2n) is 6.15. The SMILES string of the molecule is COCC(=O)[C@@H]1O[C@@H]2C[C@H](C)CC[C@@H]2C(C)(C)S1. The van der Waals surface area contributed by atoms with Gasteiger partial charge in [0.25, 0.3) is 0 Å². The zero-order valence-corrected chi connectivity index (χ0v) is 12.6. The fourth-order valence-electron chi connectivity index (χ4n) is 3.18. The molecular formula is C14H24O3S. The van der Waals surface area contributed by atoms with E-state index in [4.69, 9.17) is 9.47 Å². The molecule has 2 aliphatic rings. The summed E-state index contributed by atoms with van der Waals surface area (Å²) in [4.78, 5) is 12.0. The van der Waals surface area contributed by atoms with Gasteiger partial charge in [-0.3, -0.25) is 4.79 Å². The molecule has 104 valence electrons. The van der Waals surface area contributed by atoms with Crippen molar-refractivity contribution in [2.45, 2.75) is 56.3 Å². The van der Waals surface area contributed by atoms with Gasteiger partial charge >= 0.3 is 0 Å². The van der Waals surface area contributed by atoms with Crippen LogP contribution < -0.4 is 0 Å². The van der Waals surface area contributed by atoms with Gasteiger partial charge in [0.05, 0.1) is 6.10 Å². The smallest absolute Gasteiger partial charge is 0.197 e. The molecular weight excluding hydrogens is 248 g/mol. The minimum atomic E-state index is -0.341. The highest BCUT2D eigenvalue weighted by molar-refractivity contribution is 8.01. The number of methoxy groups -OCH3 is 1. The molecule has 0 radical (unpaired) electrons. The van der Waals surface area contributed by atoms with Crippen molar-refractivity contribution in [3.63, 3.8) is 0 Å². The van der Waals surface area contributed by atoms with Gasteiger partial charge in [0.1, 0.15) is 6.61 Å². The lowest BCUT2D eigenvalue weighted by atomic mass is 9.75. The molecule has 0 amide bonds. The van der Waals surface area contributed by atoms with Crippen LogP contribution in [0.25, 0.3) is 0 Å². The number of rotatable bonds is 3. The number of fused-ring (bicyclic) bond motifs is 1. The summed E-state index contributed by atoms with van der Waals surface area (Å²) in [7, 11) is 1.56. The van der Waals surface area contributed by atoms with Gasteiger partial charge in [0.2, 0.25) is 0 Å². The lowest BCUT2D eigenvalue weighted by Crippen LogP contribution is -2.51. The van der Waals surface area contributed by atoms with E-state index in [1.54, 1.807) is 18.9 Å². The van der Waals surface area contributed by atoms with Crippen LogP contribution in [0.4, 0.5) is 0 Å². The number of thioether (sulfide) groups is 1. The van der Waals surface area contributed by atoms with Crippen molar-refractivity contribution in [1.82, 2.24) is 0 Å². The van der Waals surface area contributed by atoms with Crippen LogP contribution in [0.3, 0.4) is 0 Å². The predicted molar refractivity (Wildman–Crippen MR) is 73.7 cm³/mol. The topological polar surface area (TPSA) is 35.5 Å². The van der Waals surface area contributed by atoms with E-state index in [1.165, 1.54) is 12.8 Å². The Morgan fingerprint density at radius 1 is 1.44 bits per heavy atom. The van der Waals surface area contributed by atoms with Gasteiger partial charge in [-0.05, 0) is 24.7 Å². The predicted octanol–water partition coefficient (Wildman–Crippen LogP) is 2.87. The molecule has 1 saturated heterocycles. The van der Waals surface area contributed by atoms with E-state index in [-0.39, 0.29) is 28.7 Å². The molecule has 2 fully saturated rings.